The van der Waals surface area contributed by atoms with Gasteiger partial charge in [0.1, 0.15) is 11.6 Å². The molecule has 2 atom stereocenters. The number of ketones is 1. The molecule has 0 amide bonds. The molecule has 0 aromatic heterocycles. The monoisotopic (exact) mass is 369 g/mol. The molecule has 2 aliphatic carbocycles. The van der Waals surface area contributed by atoms with Crippen LogP contribution >= 0.6 is 11.8 Å². The molecule has 126 valence electrons. The summed E-state index contributed by atoms with van der Waals surface area (Å²) in [6.45, 7) is 0. The molecule has 0 bridgehead atoms. The van der Waals surface area contributed by atoms with Crippen molar-refractivity contribution in [2.45, 2.75) is 4.90 Å². The van der Waals surface area contributed by atoms with Crippen LogP contribution in [0.3, 0.4) is 0 Å². The highest BCUT2D eigenvalue weighted by Gasteiger charge is 2.32. The summed E-state index contributed by atoms with van der Waals surface area (Å²) in [5, 5.41) is 0. The smallest absolute Gasteiger partial charge is 0.229 e. The van der Waals surface area contributed by atoms with Crippen LogP contribution in [0.25, 0.3) is 0 Å². The molecule has 0 fully saturated rings. The molecule has 3 rings (SSSR count). The van der Waals surface area contributed by atoms with Crippen molar-refractivity contribution in [2.24, 2.45) is 11.8 Å². The Morgan fingerprint density at radius 2 is 1.96 bits per heavy atom. The van der Waals surface area contributed by atoms with Crippen LogP contribution < -0.4 is 4.72 Å². The second-order valence-electron chi connectivity index (χ2n) is 5.53. The number of rotatable bonds is 4. The fourth-order valence-electron chi connectivity index (χ4n) is 2.56. The van der Waals surface area contributed by atoms with Crippen LogP contribution in [0.4, 0.5) is 8.78 Å². The first-order chi connectivity index (χ1) is 11.2. The van der Waals surface area contributed by atoms with Crippen LogP contribution in [0.1, 0.15) is 0 Å². The van der Waals surface area contributed by atoms with E-state index in [1.807, 2.05) is 0 Å². The first-order valence-electron chi connectivity index (χ1n) is 7.00. The van der Waals surface area contributed by atoms with E-state index in [4.69, 9.17) is 0 Å². The number of thioether (sulfide) groups is 1. The minimum Gasteiger partial charge on any atom is -0.294 e. The fourth-order valence-corrected chi connectivity index (χ4v) is 4.17. The van der Waals surface area contributed by atoms with Gasteiger partial charge in [-0.15, -0.1) is 0 Å². The van der Waals surface area contributed by atoms with Gasteiger partial charge in [0.2, 0.25) is 10.0 Å². The van der Waals surface area contributed by atoms with Crippen molar-refractivity contribution in [3.8, 4) is 0 Å². The quantitative estimate of drug-likeness (QED) is 0.887. The molecular weight excluding hydrogens is 356 g/mol. The third-order valence-electron chi connectivity index (χ3n) is 3.59. The van der Waals surface area contributed by atoms with Crippen molar-refractivity contribution in [2.75, 3.05) is 6.26 Å². The van der Waals surface area contributed by atoms with Crippen LogP contribution in [-0.2, 0) is 14.8 Å². The fraction of sp³-hybridized carbons (Fsp3) is 0.188. The lowest BCUT2D eigenvalue weighted by Crippen LogP contribution is -2.26. The number of hydrogen-bond donors (Lipinski definition) is 1. The number of hydrogen-bond acceptors (Lipinski definition) is 4. The van der Waals surface area contributed by atoms with Gasteiger partial charge >= 0.3 is 0 Å². The van der Waals surface area contributed by atoms with Crippen LogP contribution in [-0.4, -0.2) is 20.5 Å². The molecule has 4 nitrogen and oxygen atoms in total. The number of fused-ring (bicyclic) bond motifs is 1. The van der Waals surface area contributed by atoms with Crippen LogP contribution in [0.15, 0.2) is 58.0 Å². The van der Waals surface area contributed by atoms with Gasteiger partial charge in [0.25, 0.3) is 0 Å². The van der Waals surface area contributed by atoms with Gasteiger partial charge in [-0.25, -0.2) is 17.2 Å². The maximum atomic E-state index is 13.9. The van der Waals surface area contributed by atoms with E-state index in [0.29, 0.717) is 4.91 Å². The summed E-state index contributed by atoms with van der Waals surface area (Å²) in [4.78, 5) is 12.4. The number of benzene rings is 1. The molecule has 0 radical (unpaired) electrons. The average Bonchev–Trinajstić information content (AvgIpc) is 2.81. The van der Waals surface area contributed by atoms with Crippen molar-refractivity contribution in [3.63, 3.8) is 0 Å². The maximum Gasteiger partial charge on any atom is 0.229 e. The van der Waals surface area contributed by atoms with E-state index in [9.17, 15) is 22.0 Å². The number of allylic oxidation sites excluding steroid dienone is 4. The standard InChI is InChI=1S/C16H13F2NO3S2/c1-24(21,22)19-13-6-9-2-4-14(20)11(9)8-16(13)23-15-5-3-10(17)7-12(15)18/h2-9,11,19H,1H3. The lowest BCUT2D eigenvalue weighted by molar-refractivity contribution is -0.116. The molecular formula is C16H13F2NO3S2. The second-order valence-corrected chi connectivity index (χ2v) is 8.36. The van der Waals surface area contributed by atoms with Gasteiger partial charge in [-0.3, -0.25) is 9.52 Å². The van der Waals surface area contributed by atoms with Gasteiger partial charge in [-0.1, -0.05) is 30.0 Å². The van der Waals surface area contributed by atoms with Crippen molar-refractivity contribution in [1.82, 2.24) is 4.72 Å². The normalized spacial score (nSPS) is 22.9. The molecule has 2 aliphatic rings. The number of nitrogens with one attached hydrogen (secondary N) is 1. The molecule has 1 N–H and O–H groups in total. The predicted octanol–water partition coefficient (Wildman–Crippen LogP) is 2.76. The highest BCUT2D eigenvalue weighted by molar-refractivity contribution is 8.03. The topological polar surface area (TPSA) is 63.2 Å². The number of sulfonamides is 1. The van der Waals surface area contributed by atoms with Gasteiger partial charge in [-0.05, 0) is 18.2 Å². The summed E-state index contributed by atoms with van der Waals surface area (Å²) in [6, 6.07) is 3.15. The first-order valence-corrected chi connectivity index (χ1v) is 9.70. The summed E-state index contributed by atoms with van der Waals surface area (Å²) in [5.41, 5.74) is 0.284. The highest BCUT2D eigenvalue weighted by atomic mass is 32.2. The largest absolute Gasteiger partial charge is 0.294 e. The van der Waals surface area contributed by atoms with E-state index in [1.54, 1.807) is 18.2 Å². The van der Waals surface area contributed by atoms with Crippen LogP contribution in [0.5, 0.6) is 0 Å². The van der Waals surface area contributed by atoms with Gasteiger partial charge < -0.3 is 0 Å². The molecule has 2 unspecified atom stereocenters. The molecule has 8 heteroatoms. The SMILES string of the molecule is CS(=O)(=O)NC1=CC2C=CC(=O)C2C=C1Sc1ccc(F)cc1F. The minimum absolute atomic E-state index is 0.0904. The van der Waals surface area contributed by atoms with Crippen LogP contribution in [0.2, 0.25) is 0 Å². The molecule has 0 saturated carbocycles. The molecule has 0 saturated heterocycles. The Kier molecular flexibility index (Phi) is 4.35. The Hall–Kier alpha value is -1.93. The molecule has 0 spiro atoms. The number of carbonyl (C=O) groups is 1. The van der Waals surface area contributed by atoms with Gasteiger partial charge in [0, 0.05) is 21.8 Å². The zero-order valence-corrected chi connectivity index (χ0v) is 14.1. The maximum absolute atomic E-state index is 13.9. The van der Waals surface area contributed by atoms with Gasteiger partial charge in [0.15, 0.2) is 5.78 Å². The van der Waals surface area contributed by atoms with E-state index >= 15 is 0 Å². The first kappa shape index (κ1) is 16.9. The lowest BCUT2D eigenvalue weighted by Gasteiger charge is -2.23. The summed E-state index contributed by atoms with van der Waals surface area (Å²) in [7, 11) is -3.54. The number of halogens is 2. The van der Waals surface area contributed by atoms with Crippen molar-refractivity contribution >= 4 is 27.6 Å². The Bertz CT molecular complexity index is 904. The minimum atomic E-state index is -3.54. The average molecular weight is 369 g/mol. The van der Waals surface area contributed by atoms with Gasteiger partial charge in [-0.2, -0.15) is 0 Å². The molecule has 1 aromatic rings. The molecule has 0 aliphatic heterocycles. The second kappa shape index (κ2) is 6.18. The Labute approximate surface area is 142 Å². The van der Waals surface area contributed by atoms with E-state index in [0.717, 1.165) is 30.2 Å². The Morgan fingerprint density at radius 3 is 2.62 bits per heavy atom. The molecule has 24 heavy (non-hydrogen) atoms. The summed E-state index contributed by atoms with van der Waals surface area (Å²) >= 11 is 0.944. The zero-order valence-electron chi connectivity index (χ0n) is 12.5. The number of carbonyl (C=O) groups excluding carboxylic acids is 1. The summed E-state index contributed by atoms with van der Waals surface area (Å²) in [6.07, 6.45) is 7.42. The van der Waals surface area contributed by atoms with E-state index in [2.05, 4.69) is 4.72 Å². The summed E-state index contributed by atoms with van der Waals surface area (Å²) < 4.78 is 52.4. The highest BCUT2D eigenvalue weighted by Crippen LogP contribution is 2.40. The van der Waals surface area contributed by atoms with E-state index in [-0.39, 0.29) is 22.3 Å². The van der Waals surface area contributed by atoms with Crippen LogP contribution in [0, 0.1) is 23.5 Å². The zero-order chi connectivity index (χ0) is 17.5. The van der Waals surface area contributed by atoms with Crippen molar-refractivity contribution < 1.29 is 22.0 Å². The van der Waals surface area contributed by atoms with Crippen molar-refractivity contribution in [1.29, 1.82) is 0 Å². The molecule has 0 heterocycles. The lowest BCUT2D eigenvalue weighted by atomic mass is 9.90. The molecule has 1 aromatic carbocycles. The summed E-state index contributed by atoms with van der Waals surface area (Å²) in [5.74, 6) is -2.20. The Balaban J connectivity index is 1.96. The third kappa shape index (κ3) is 3.59. The Morgan fingerprint density at radius 1 is 1.21 bits per heavy atom. The predicted molar refractivity (Wildman–Crippen MR) is 87.5 cm³/mol. The van der Waals surface area contributed by atoms with Gasteiger partial charge in [0.05, 0.1) is 17.9 Å². The van der Waals surface area contributed by atoms with Crippen molar-refractivity contribution in [3.05, 3.63) is 64.7 Å². The van der Waals surface area contributed by atoms with E-state index in [1.165, 1.54) is 12.1 Å². The van der Waals surface area contributed by atoms with E-state index < -0.39 is 27.6 Å². The third-order valence-corrected chi connectivity index (χ3v) is 5.31.